The predicted octanol–water partition coefficient (Wildman–Crippen LogP) is 23.0. The Bertz CT molecular complexity index is 6490. The SMILES string of the molecule is CC(C)(C)c1ccc(C(=O)Cl)cc1.CCc1ccc(-c2ccnc(N)c2N)cc1F.CCc1ccc(-c2ccnc3nc(-c4ccccc4)[nH]c23)cc1F.COc1ccccc1-c1nc2nccc(-c3ccc(CNC(=O)c4ccc(C(C)(C)C)cc4)c(F)c3)c2[nH]1.COc1ccccc1C=O.NCc1ccc(-c2ccnc3nc(-c4ccccc4)[nH]c23)cc1F. The first-order valence-corrected chi connectivity index (χ1v) is 41.0. The van der Waals surface area contributed by atoms with Crippen molar-refractivity contribution < 1.29 is 41.4 Å². The highest BCUT2D eigenvalue weighted by Gasteiger charge is 2.21. The number of anilines is 2. The maximum Gasteiger partial charge on any atom is 0.252 e. The summed E-state index contributed by atoms with van der Waals surface area (Å²) in [7, 11) is 3.16. The maximum absolute atomic E-state index is 15.1. The number of aromatic amines is 3. The lowest BCUT2D eigenvalue weighted by atomic mass is 9.87. The number of carbonyl (C=O) groups excluding carboxylic acids is 3. The van der Waals surface area contributed by atoms with E-state index < -0.39 is 11.1 Å². The minimum atomic E-state index is -0.402. The molecule has 1 amide bonds. The Hall–Kier alpha value is -14.8. The summed E-state index contributed by atoms with van der Waals surface area (Å²) < 4.78 is 67.4. The van der Waals surface area contributed by atoms with E-state index in [9.17, 15) is 27.6 Å². The molecule has 7 aromatic heterocycles. The van der Waals surface area contributed by atoms with Gasteiger partial charge in [0.2, 0.25) is 0 Å². The molecule has 0 aliphatic carbocycles. The van der Waals surface area contributed by atoms with Crippen molar-refractivity contribution in [1.82, 2.24) is 55.2 Å². The number of pyridine rings is 4. The summed E-state index contributed by atoms with van der Waals surface area (Å²) in [4.78, 5) is 74.3. The normalized spacial score (nSPS) is 11.0. The van der Waals surface area contributed by atoms with Gasteiger partial charge in [-0.05, 0) is 177 Å². The van der Waals surface area contributed by atoms with E-state index in [0.29, 0.717) is 108 Å². The molecule has 19 nitrogen and oxygen atoms in total. The highest BCUT2D eigenvalue weighted by atomic mass is 35.5. The zero-order valence-corrected chi connectivity index (χ0v) is 72.0. The number of para-hydroxylation sites is 2. The van der Waals surface area contributed by atoms with Gasteiger partial charge in [-0.15, -0.1) is 0 Å². The molecule has 0 saturated carbocycles. The summed E-state index contributed by atoms with van der Waals surface area (Å²) >= 11 is 5.33. The lowest BCUT2D eigenvalue weighted by Gasteiger charge is -2.19. The van der Waals surface area contributed by atoms with E-state index in [1.807, 2.05) is 178 Å². The number of benzene rings is 10. The van der Waals surface area contributed by atoms with Gasteiger partial charge in [0.05, 0.1) is 47.6 Å². The first-order valence-electron chi connectivity index (χ1n) is 40.6. The Balaban J connectivity index is 0.000000145. The van der Waals surface area contributed by atoms with Gasteiger partial charge in [0.25, 0.3) is 11.1 Å². The number of fused-ring (bicyclic) bond motifs is 3. The Kier molecular flexibility index (Phi) is 29.7. The van der Waals surface area contributed by atoms with E-state index in [2.05, 4.69) is 96.7 Å². The van der Waals surface area contributed by atoms with Crippen LogP contribution in [-0.2, 0) is 36.8 Å². The van der Waals surface area contributed by atoms with Crippen molar-refractivity contribution in [2.45, 2.75) is 92.2 Å². The number of hydrogen-bond donors (Lipinski definition) is 7. The standard InChI is InChI=1S/C31H29FN4O2.C20H16FN3.C19H15FN4.C13H14FN3.C11H13ClO.C8H8O2/c1-31(2,3)22-13-11-19(12-14-22)30(37)34-18-21-10-9-20(17-25(21)32)23-15-16-33-29-27(23)35-28(36-29)24-7-5-6-8-26(24)38-4;1-2-13-8-9-15(12-17(13)21)16-10-11-22-20-18(16)23-19(24-20)14-6-4-3-5-7-14;20-16-10-13(6-7-14(16)11-21)15-8-9-22-19-17(15)23-18(24-19)12-4-2-1-3-5-12;1-2-8-3-4-9(7-11(8)14)10-5-6-17-13(16)12(10)15;1-11(2,3)9-6-4-8(5-7-9)10(12)13;1-10-8-5-3-2-4-7(8)6-9/h5-17H,18H2,1-4H3,(H,34,37)(H,33,35,36);3-12H,2H2,1H3,(H,22,23,24);1-10H,11,21H2,(H,22,23,24);3-7H,2,15H2,1H3,(H2,16,17);4-7H,1-3H3;2-6H,1H3. The van der Waals surface area contributed by atoms with Gasteiger partial charge in [0.1, 0.15) is 58.1 Å². The molecule has 10 N–H and O–H groups in total. The van der Waals surface area contributed by atoms with Crippen LogP contribution < -0.4 is 32.0 Å². The molecule has 0 aliphatic heterocycles. The van der Waals surface area contributed by atoms with Crippen molar-refractivity contribution >= 4 is 74.0 Å². The average Bonchev–Trinajstić information content (AvgIpc) is 1.63. The predicted molar refractivity (Wildman–Crippen MR) is 496 cm³/mol. The maximum atomic E-state index is 15.1. The summed E-state index contributed by atoms with van der Waals surface area (Å²) in [5, 5.41) is 2.42. The zero-order valence-electron chi connectivity index (χ0n) is 71.3. The third kappa shape index (κ3) is 22.2. The summed E-state index contributed by atoms with van der Waals surface area (Å²) in [5.41, 5.74) is 36.9. The summed E-state index contributed by atoms with van der Waals surface area (Å²) in [6.07, 6.45) is 8.73. The van der Waals surface area contributed by atoms with Crippen LogP contribution in [0.15, 0.2) is 280 Å². The molecule has 638 valence electrons. The Morgan fingerprint density at radius 2 is 0.794 bits per heavy atom. The third-order valence-electron chi connectivity index (χ3n) is 20.8. The topological polar surface area (TPSA) is 297 Å². The quantitative estimate of drug-likeness (QED) is 0.0253. The number of carbonyl (C=O) groups is 3. The summed E-state index contributed by atoms with van der Waals surface area (Å²) in [6, 6.07) is 77.1. The lowest BCUT2D eigenvalue weighted by Crippen LogP contribution is -2.23. The number of aromatic nitrogens is 10. The average molecular weight is 1710 g/mol. The molecule has 0 atom stereocenters. The molecular formula is C102H95ClF4N14O5. The number of H-pyrrole nitrogens is 3. The monoisotopic (exact) mass is 1710 g/mol. The van der Waals surface area contributed by atoms with Gasteiger partial charge < -0.3 is 46.9 Å². The van der Waals surface area contributed by atoms with Crippen LogP contribution in [0.25, 0.3) is 112 Å². The molecule has 17 aromatic rings. The van der Waals surface area contributed by atoms with Crippen LogP contribution in [0.1, 0.15) is 120 Å². The Labute approximate surface area is 733 Å². The van der Waals surface area contributed by atoms with Gasteiger partial charge in [0.15, 0.2) is 23.2 Å². The van der Waals surface area contributed by atoms with Crippen LogP contribution in [0.2, 0.25) is 0 Å². The van der Waals surface area contributed by atoms with Crippen molar-refractivity contribution in [1.29, 1.82) is 0 Å². The van der Waals surface area contributed by atoms with Gasteiger partial charge in [0, 0.05) is 93.5 Å². The molecule has 0 bridgehead atoms. The zero-order chi connectivity index (χ0) is 89.8. The number of ether oxygens (including phenoxy) is 2. The fraction of sp³-hybridized carbons (Fsp3) is 0.157. The van der Waals surface area contributed by atoms with E-state index in [1.165, 1.54) is 23.8 Å². The second-order valence-corrected chi connectivity index (χ2v) is 31.5. The molecule has 24 heteroatoms. The Morgan fingerprint density at radius 3 is 1.20 bits per heavy atom. The molecule has 0 spiro atoms. The largest absolute Gasteiger partial charge is 0.496 e. The minimum absolute atomic E-state index is 0.00639. The summed E-state index contributed by atoms with van der Waals surface area (Å²) in [6.45, 7) is 16.9. The second kappa shape index (κ2) is 41.4. The van der Waals surface area contributed by atoms with E-state index >= 15 is 4.39 Å². The van der Waals surface area contributed by atoms with Crippen LogP contribution in [0.4, 0.5) is 29.1 Å². The fourth-order valence-corrected chi connectivity index (χ4v) is 13.8. The van der Waals surface area contributed by atoms with Crippen LogP contribution in [0, 0.1) is 23.3 Å². The van der Waals surface area contributed by atoms with Gasteiger partial charge in [-0.1, -0.05) is 213 Å². The number of nitrogens with zero attached hydrogens (tertiary/aromatic N) is 7. The number of imidazole rings is 3. The second-order valence-electron chi connectivity index (χ2n) is 31.1. The highest BCUT2D eigenvalue weighted by molar-refractivity contribution is 6.67. The van der Waals surface area contributed by atoms with Crippen LogP contribution >= 0.6 is 11.6 Å². The minimum Gasteiger partial charge on any atom is -0.496 e. The Morgan fingerprint density at radius 1 is 0.421 bits per heavy atom. The van der Waals surface area contributed by atoms with Crippen LogP contribution in [0.3, 0.4) is 0 Å². The fourth-order valence-electron chi connectivity index (χ4n) is 13.6. The summed E-state index contributed by atoms with van der Waals surface area (Å²) in [5.74, 6) is 2.35. The number of hydrogen-bond acceptors (Lipinski definition) is 15. The van der Waals surface area contributed by atoms with E-state index in [-0.39, 0.29) is 53.1 Å². The van der Waals surface area contributed by atoms with Crippen molar-refractivity contribution in [3.63, 3.8) is 0 Å². The number of nitrogens with two attached hydrogens (primary N) is 3. The van der Waals surface area contributed by atoms with Crippen molar-refractivity contribution in [3.05, 3.63) is 353 Å². The van der Waals surface area contributed by atoms with E-state index in [1.54, 1.807) is 112 Å². The van der Waals surface area contributed by atoms with Crippen molar-refractivity contribution in [2.24, 2.45) is 5.73 Å². The molecule has 17 rings (SSSR count). The molecule has 0 fully saturated rings. The molecule has 0 aliphatic rings. The van der Waals surface area contributed by atoms with Crippen LogP contribution in [-0.4, -0.2) is 81.5 Å². The van der Waals surface area contributed by atoms with Crippen LogP contribution in [0.5, 0.6) is 11.5 Å². The van der Waals surface area contributed by atoms with Gasteiger partial charge in [-0.2, -0.15) is 0 Å². The van der Waals surface area contributed by atoms with Gasteiger partial charge in [-0.3, -0.25) is 14.4 Å². The molecule has 0 radical (unpaired) electrons. The molecular weight excluding hydrogens is 1610 g/mol. The number of amides is 1. The van der Waals surface area contributed by atoms with Crippen molar-refractivity contribution in [3.8, 4) is 90.2 Å². The molecule has 10 aromatic carbocycles. The molecule has 0 unspecified atom stereocenters. The molecule has 7 heterocycles. The molecule has 126 heavy (non-hydrogen) atoms. The number of aryl methyl sites for hydroxylation is 2. The number of aldehydes is 1. The highest BCUT2D eigenvalue weighted by Crippen LogP contribution is 2.37. The smallest absolute Gasteiger partial charge is 0.252 e. The van der Waals surface area contributed by atoms with E-state index in [4.69, 9.17) is 38.3 Å². The first kappa shape index (κ1) is 90.4. The van der Waals surface area contributed by atoms with Gasteiger partial charge >= 0.3 is 0 Å². The number of methoxy groups -OCH3 is 2. The van der Waals surface area contributed by atoms with Gasteiger partial charge in [-0.25, -0.2) is 52.4 Å². The lowest BCUT2D eigenvalue weighted by molar-refractivity contribution is 0.0949. The first-order chi connectivity index (χ1) is 60.7. The van der Waals surface area contributed by atoms with Crippen molar-refractivity contribution in [2.75, 3.05) is 25.7 Å². The number of nitrogen functional groups attached to an aromatic ring is 2. The third-order valence-corrected chi connectivity index (χ3v) is 21.0. The van der Waals surface area contributed by atoms with E-state index in [0.717, 1.165) is 84.6 Å². The number of nitrogens with one attached hydrogen (secondary N) is 4. The number of rotatable bonds is 17. The molecule has 0 saturated heterocycles. The number of halogens is 5.